The van der Waals surface area contributed by atoms with Crippen LogP contribution >= 0.6 is 0 Å². The lowest BCUT2D eigenvalue weighted by atomic mass is 9.75. The van der Waals surface area contributed by atoms with Crippen LogP contribution in [0.2, 0.25) is 0 Å². The Bertz CT molecular complexity index is 696. The number of ether oxygens (including phenoxy) is 1. The zero-order chi connectivity index (χ0) is 19.8. The Morgan fingerprint density at radius 1 is 0.857 bits per heavy atom. The van der Waals surface area contributed by atoms with Crippen molar-refractivity contribution in [2.75, 3.05) is 6.61 Å². The van der Waals surface area contributed by atoms with Gasteiger partial charge in [0.15, 0.2) is 0 Å². The van der Waals surface area contributed by atoms with Crippen LogP contribution in [-0.4, -0.2) is 6.61 Å². The lowest BCUT2D eigenvalue weighted by molar-refractivity contribution is 0.0789. The molecule has 0 atom stereocenters. The van der Waals surface area contributed by atoms with Gasteiger partial charge in [-0.25, -0.2) is 4.39 Å². The quantitative estimate of drug-likeness (QED) is 0.398. The molecule has 2 aromatic rings. The molecule has 0 radical (unpaired) electrons. The molecule has 2 aromatic carbocycles. The van der Waals surface area contributed by atoms with Gasteiger partial charge in [0.25, 0.3) is 0 Å². The Kier molecular flexibility index (Phi) is 7.53. The van der Waals surface area contributed by atoms with Crippen molar-refractivity contribution in [3.05, 3.63) is 54.1 Å². The molecule has 0 bridgehead atoms. The zero-order valence-electron chi connectivity index (χ0n) is 17.6. The first-order valence-electron chi connectivity index (χ1n) is 11.2. The summed E-state index contributed by atoms with van der Waals surface area (Å²) in [5.74, 6) is 1.64. The number of halogens is 1. The first kappa shape index (κ1) is 20.9. The summed E-state index contributed by atoms with van der Waals surface area (Å²) < 4.78 is 21.3. The van der Waals surface area contributed by atoms with Crippen molar-refractivity contribution < 1.29 is 9.13 Å². The van der Waals surface area contributed by atoms with E-state index in [-0.39, 0.29) is 0 Å². The number of unbranched alkanes of at least 4 members (excludes halogenated alkanes) is 2. The van der Waals surface area contributed by atoms with Crippen molar-refractivity contribution >= 4 is 0 Å². The van der Waals surface area contributed by atoms with Crippen LogP contribution in [0, 0.1) is 5.92 Å². The molecular formula is C26H35FO. The van der Waals surface area contributed by atoms with Crippen molar-refractivity contribution in [2.24, 2.45) is 5.92 Å². The van der Waals surface area contributed by atoms with Gasteiger partial charge >= 0.3 is 0 Å². The summed E-state index contributed by atoms with van der Waals surface area (Å²) >= 11 is 0. The molecule has 2 heteroatoms. The average molecular weight is 383 g/mol. The van der Waals surface area contributed by atoms with Crippen LogP contribution in [0.1, 0.15) is 77.2 Å². The fraction of sp³-hybridized carbons (Fsp3) is 0.538. The fourth-order valence-corrected chi connectivity index (χ4v) is 4.24. The van der Waals surface area contributed by atoms with Crippen LogP contribution in [0.4, 0.5) is 4.39 Å². The maximum atomic E-state index is 15.5. The maximum absolute atomic E-state index is 15.5. The van der Waals surface area contributed by atoms with Gasteiger partial charge in [0.2, 0.25) is 0 Å². The van der Waals surface area contributed by atoms with Crippen molar-refractivity contribution in [3.63, 3.8) is 0 Å². The van der Waals surface area contributed by atoms with Crippen LogP contribution < -0.4 is 4.74 Å². The largest absolute Gasteiger partial charge is 0.494 e. The van der Waals surface area contributed by atoms with E-state index in [9.17, 15) is 0 Å². The molecule has 1 aliphatic rings. The first-order valence-corrected chi connectivity index (χ1v) is 11.2. The van der Waals surface area contributed by atoms with E-state index >= 15 is 4.39 Å². The van der Waals surface area contributed by atoms with E-state index in [0.29, 0.717) is 12.8 Å². The van der Waals surface area contributed by atoms with Gasteiger partial charge in [-0.05, 0) is 66.8 Å². The van der Waals surface area contributed by atoms with Crippen LogP contribution in [0.3, 0.4) is 0 Å². The molecule has 0 spiro atoms. The molecule has 152 valence electrons. The minimum Gasteiger partial charge on any atom is -0.494 e. The molecular weight excluding hydrogens is 347 g/mol. The van der Waals surface area contributed by atoms with E-state index < -0.39 is 5.67 Å². The summed E-state index contributed by atoms with van der Waals surface area (Å²) in [5.41, 5.74) is 1.98. The van der Waals surface area contributed by atoms with Crippen molar-refractivity contribution in [1.82, 2.24) is 0 Å². The first-order chi connectivity index (χ1) is 13.6. The Morgan fingerprint density at radius 3 is 2.00 bits per heavy atom. The van der Waals surface area contributed by atoms with E-state index in [1.807, 2.05) is 24.3 Å². The molecule has 0 amide bonds. The second-order valence-electron chi connectivity index (χ2n) is 8.35. The summed E-state index contributed by atoms with van der Waals surface area (Å²) in [7, 11) is 0. The highest BCUT2D eigenvalue weighted by molar-refractivity contribution is 5.64. The molecule has 0 aliphatic heterocycles. The maximum Gasteiger partial charge on any atom is 0.136 e. The highest BCUT2D eigenvalue weighted by atomic mass is 19.1. The molecule has 0 N–H and O–H groups in total. The molecule has 1 saturated carbocycles. The van der Waals surface area contributed by atoms with Crippen LogP contribution in [-0.2, 0) is 5.67 Å². The third-order valence-corrected chi connectivity index (χ3v) is 6.22. The number of benzene rings is 2. The summed E-state index contributed by atoms with van der Waals surface area (Å²) in [4.78, 5) is 0. The average Bonchev–Trinajstić information content (AvgIpc) is 2.74. The second kappa shape index (κ2) is 10.1. The third-order valence-electron chi connectivity index (χ3n) is 6.22. The predicted molar refractivity (Wildman–Crippen MR) is 117 cm³/mol. The summed E-state index contributed by atoms with van der Waals surface area (Å²) in [6.07, 6.45) is 9.40. The summed E-state index contributed by atoms with van der Waals surface area (Å²) in [5, 5.41) is 0. The lowest BCUT2D eigenvalue weighted by Crippen LogP contribution is -2.27. The van der Waals surface area contributed by atoms with Gasteiger partial charge in [-0.1, -0.05) is 75.9 Å². The Labute approximate surface area is 170 Å². The van der Waals surface area contributed by atoms with Crippen LogP contribution in [0.5, 0.6) is 5.75 Å². The molecule has 0 saturated heterocycles. The SMILES string of the molecule is CCCCOc1ccc(-c2ccc(C3(F)CCC(CCCC)CC3)cc2)cc1. The highest BCUT2D eigenvalue weighted by Crippen LogP contribution is 2.44. The van der Waals surface area contributed by atoms with Crippen LogP contribution in [0.25, 0.3) is 11.1 Å². The lowest BCUT2D eigenvalue weighted by Gasteiger charge is -2.34. The molecule has 28 heavy (non-hydrogen) atoms. The summed E-state index contributed by atoms with van der Waals surface area (Å²) in [6, 6.07) is 16.3. The Hall–Kier alpha value is -1.83. The Morgan fingerprint density at radius 2 is 1.43 bits per heavy atom. The molecule has 0 unspecified atom stereocenters. The minimum absolute atomic E-state index is 0.671. The monoisotopic (exact) mass is 382 g/mol. The highest BCUT2D eigenvalue weighted by Gasteiger charge is 2.36. The third kappa shape index (κ3) is 5.37. The van der Waals surface area contributed by atoms with Gasteiger partial charge in [0.05, 0.1) is 6.61 Å². The molecule has 1 fully saturated rings. The van der Waals surface area contributed by atoms with E-state index in [2.05, 4.69) is 38.1 Å². The number of rotatable bonds is 9. The van der Waals surface area contributed by atoms with Gasteiger partial charge in [0.1, 0.15) is 11.4 Å². The molecule has 0 heterocycles. The van der Waals surface area contributed by atoms with Crippen molar-refractivity contribution in [3.8, 4) is 16.9 Å². The number of hydrogen-bond donors (Lipinski definition) is 0. The van der Waals surface area contributed by atoms with Gasteiger partial charge in [0, 0.05) is 0 Å². The number of alkyl halides is 1. The van der Waals surface area contributed by atoms with Crippen molar-refractivity contribution in [1.29, 1.82) is 0 Å². The predicted octanol–water partition coefficient (Wildman–Crippen LogP) is 8.08. The molecule has 1 aliphatic carbocycles. The van der Waals surface area contributed by atoms with Gasteiger partial charge in [-0.15, -0.1) is 0 Å². The standard InChI is InChI=1S/C26H35FO/c1-3-5-7-21-16-18-26(27,19-17-21)24-12-8-22(9-13-24)23-10-14-25(15-11-23)28-20-6-4-2/h8-15,21H,3-7,16-20H2,1-2H3. The molecule has 3 rings (SSSR count). The summed E-state index contributed by atoms with van der Waals surface area (Å²) in [6.45, 7) is 5.16. The normalized spacial score (nSPS) is 22.2. The smallest absolute Gasteiger partial charge is 0.136 e. The zero-order valence-corrected chi connectivity index (χ0v) is 17.6. The topological polar surface area (TPSA) is 9.23 Å². The van der Waals surface area contributed by atoms with Gasteiger partial charge in [-0.3, -0.25) is 0 Å². The molecule has 0 aromatic heterocycles. The van der Waals surface area contributed by atoms with Crippen molar-refractivity contribution in [2.45, 2.75) is 77.3 Å². The Balaban J connectivity index is 1.60. The van der Waals surface area contributed by atoms with Crippen LogP contribution in [0.15, 0.2) is 48.5 Å². The van der Waals surface area contributed by atoms with E-state index in [1.54, 1.807) is 0 Å². The van der Waals surface area contributed by atoms with Gasteiger partial charge < -0.3 is 4.74 Å². The van der Waals surface area contributed by atoms with E-state index in [0.717, 1.165) is 60.6 Å². The fourth-order valence-electron chi connectivity index (χ4n) is 4.24. The second-order valence-corrected chi connectivity index (χ2v) is 8.35. The molecule has 1 nitrogen and oxygen atoms in total. The van der Waals surface area contributed by atoms with Gasteiger partial charge in [-0.2, -0.15) is 0 Å². The minimum atomic E-state index is -1.14. The van der Waals surface area contributed by atoms with E-state index in [4.69, 9.17) is 4.74 Å². The van der Waals surface area contributed by atoms with E-state index in [1.165, 1.54) is 19.3 Å². The number of hydrogen-bond acceptors (Lipinski definition) is 1.